The fourth-order valence-electron chi connectivity index (χ4n) is 2.86. The van der Waals surface area contributed by atoms with Crippen molar-refractivity contribution in [1.82, 2.24) is 10.2 Å². The molecule has 0 bridgehead atoms. The fourth-order valence-corrected chi connectivity index (χ4v) is 2.86. The second-order valence-electron chi connectivity index (χ2n) is 6.39. The van der Waals surface area contributed by atoms with Gasteiger partial charge in [0.15, 0.2) is 0 Å². The summed E-state index contributed by atoms with van der Waals surface area (Å²) in [6.45, 7) is 11.7. The van der Waals surface area contributed by atoms with Crippen molar-refractivity contribution in [2.45, 2.75) is 45.7 Å². The van der Waals surface area contributed by atoms with Crippen molar-refractivity contribution in [2.75, 3.05) is 47.1 Å². The van der Waals surface area contributed by atoms with Crippen molar-refractivity contribution < 1.29 is 9.47 Å². The summed E-state index contributed by atoms with van der Waals surface area (Å²) in [7, 11) is 3.54. The van der Waals surface area contributed by atoms with Crippen molar-refractivity contribution in [3.8, 4) is 0 Å². The standard InChI is InChI=1S/C15H32N2O2/c1-13(12-19-5)17(9-10-18-4)11-14-15(2,3)7-6-8-16-14/h13-14,16H,6-12H2,1-5H3. The number of hydrogen-bond acceptors (Lipinski definition) is 4. The van der Waals surface area contributed by atoms with E-state index in [1.54, 1.807) is 14.2 Å². The summed E-state index contributed by atoms with van der Waals surface area (Å²) in [6.07, 6.45) is 2.59. The lowest BCUT2D eigenvalue weighted by Gasteiger charge is -2.43. The van der Waals surface area contributed by atoms with Gasteiger partial charge in [-0.15, -0.1) is 0 Å². The first-order chi connectivity index (χ1) is 9.01. The molecular weight excluding hydrogens is 240 g/mol. The lowest BCUT2D eigenvalue weighted by atomic mass is 9.77. The summed E-state index contributed by atoms with van der Waals surface area (Å²) in [4.78, 5) is 2.48. The lowest BCUT2D eigenvalue weighted by Crippen LogP contribution is -2.55. The molecule has 2 atom stereocenters. The van der Waals surface area contributed by atoms with Crippen LogP contribution in [0, 0.1) is 5.41 Å². The van der Waals surface area contributed by atoms with E-state index in [0.717, 1.165) is 32.8 Å². The van der Waals surface area contributed by atoms with Gasteiger partial charge in [-0.05, 0) is 31.7 Å². The molecule has 0 amide bonds. The summed E-state index contributed by atoms with van der Waals surface area (Å²) >= 11 is 0. The first-order valence-corrected chi connectivity index (χ1v) is 7.46. The van der Waals surface area contributed by atoms with Gasteiger partial charge in [-0.2, -0.15) is 0 Å². The van der Waals surface area contributed by atoms with E-state index in [1.807, 2.05) is 0 Å². The van der Waals surface area contributed by atoms with Crippen LogP contribution in [0.5, 0.6) is 0 Å². The summed E-state index contributed by atoms with van der Waals surface area (Å²) < 4.78 is 10.5. The molecule has 1 N–H and O–H groups in total. The van der Waals surface area contributed by atoms with Crippen molar-refractivity contribution in [2.24, 2.45) is 5.41 Å². The van der Waals surface area contributed by atoms with Gasteiger partial charge in [-0.1, -0.05) is 13.8 Å². The van der Waals surface area contributed by atoms with E-state index in [0.29, 0.717) is 17.5 Å². The zero-order valence-corrected chi connectivity index (χ0v) is 13.4. The summed E-state index contributed by atoms with van der Waals surface area (Å²) in [5.41, 5.74) is 0.371. The average Bonchev–Trinajstić information content (AvgIpc) is 2.36. The van der Waals surface area contributed by atoms with E-state index in [-0.39, 0.29) is 0 Å². The smallest absolute Gasteiger partial charge is 0.0615 e. The highest BCUT2D eigenvalue weighted by molar-refractivity contribution is 4.91. The maximum Gasteiger partial charge on any atom is 0.0615 e. The van der Waals surface area contributed by atoms with Crippen LogP contribution in [0.15, 0.2) is 0 Å². The Morgan fingerprint density at radius 3 is 2.63 bits per heavy atom. The van der Waals surface area contributed by atoms with Gasteiger partial charge in [0.2, 0.25) is 0 Å². The molecule has 0 aromatic carbocycles. The summed E-state index contributed by atoms with van der Waals surface area (Å²) in [6, 6.07) is 0.983. The largest absolute Gasteiger partial charge is 0.383 e. The van der Waals surface area contributed by atoms with E-state index in [2.05, 4.69) is 31.0 Å². The molecule has 2 unspecified atom stereocenters. The highest BCUT2D eigenvalue weighted by atomic mass is 16.5. The summed E-state index contributed by atoms with van der Waals surface area (Å²) in [5.74, 6) is 0. The van der Waals surface area contributed by atoms with E-state index in [1.165, 1.54) is 12.8 Å². The Kier molecular flexibility index (Phi) is 7.29. The molecule has 1 heterocycles. The van der Waals surface area contributed by atoms with Crippen LogP contribution in [-0.2, 0) is 9.47 Å². The van der Waals surface area contributed by atoms with Gasteiger partial charge in [0.05, 0.1) is 13.2 Å². The molecule has 0 saturated carbocycles. The van der Waals surface area contributed by atoms with E-state index in [9.17, 15) is 0 Å². The molecule has 0 aromatic rings. The molecule has 1 rings (SSSR count). The maximum absolute atomic E-state index is 5.30. The number of piperidine rings is 1. The molecule has 4 nitrogen and oxygen atoms in total. The average molecular weight is 272 g/mol. The molecule has 4 heteroatoms. The SMILES string of the molecule is COCCN(CC1NCCCC1(C)C)C(C)COC. The van der Waals surface area contributed by atoms with Crippen LogP contribution < -0.4 is 5.32 Å². The molecule has 1 fully saturated rings. The number of nitrogens with one attached hydrogen (secondary N) is 1. The Morgan fingerprint density at radius 1 is 1.32 bits per heavy atom. The van der Waals surface area contributed by atoms with Crippen molar-refractivity contribution in [3.63, 3.8) is 0 Å². The Labute approximate surface area is 118 Å². The highest BCUT2D eigenvalue weighted by Gasteiger charge is 2.33. The van der Waals surface area contributed by atoms with Crippen molar-refractivity contribution in [3.05, 3.63) is 0 Å². The number of methoxy groups -OCH3 is 2. The third-order valence-electron chi connectivity index (χ3n) is 4.36. The molecule has 1 aliphatic heterocycles. The predicted octanol–water partition coefficient (Wildman–Crippen LogP) is 1.75. The first-order valence-electron chi connectivity index (χ1n) is 7.46. The summed E-state index contributed by atoms with van der Waals surface area (Å²) in [5, 5.41) is 3.69. The maximum atomic E-state index is 5.30. The predicted molar refractivity (Wildman–Crippen MR) is 79.6 cm³/mol. The zero-order chi connectivity index (χ0) is 14.3. The van der Waals surface area contributed by atoms with Crippen molar-refractivity contribution >= 4 is 0 Å². The molecular formula is C15H32N2O2. The first kappa shape index (κ1) is 16.9. The normalized spacial score (nSPS) is 24.6. The molecule has 0 aliphatic carbocycles. The second-order valence-corrected chi connectivity index (χ2v) is 6.39. The van der Waals surface area contributed by atoms with E-state index >= 15 is 0 Å². The van der Waals surface area contributed by atoms with Crippen LogP contribution in [0.2, 0.25) is 0 Å². The van der Waals surface area contributed by atoms with Gasteiger partial charge in [0.1, 0.15) is 0 Å². The molecule has 0 radical (unpaired) electrons. The third kappa shape index (κ3) is 5.38. The van der Waals surface area contributed by atoms with E-state index < -0.39 is 0 Å². The Hall–Kier alpha value is -0.160. The minimum absolute atomic E-state index is 0.371. The van der Waals surface area contributed by atoms with Crippen LogP contribution in [0.25, 0.3) is 0 Å². The van der Waals surface area contributed by atoms with Crippen LogP contribution in [0.3, 0.4) is 0 Å². The van der Waals surface area contributed by atoms with Gasteiger partial charge in [0.25, 0.3) is 0 Å². The Bertz CT molecular complexity index is 246. The minimum atomic E-state index is 0.371. The van der Waals surface area contributed by atoms with Crippen LogP contribution >= 0.6 is 0 Å². The van der Waals surface area contributed by atoms with Crippen LogP contribution in [0.1, 0.15) is 33.6 Å². The zero-order valence-electron chi connectivity index (χ0n) is 13.4. The Morgan fingerprint density at radius 2 is 2.05 bits per heavy atom. The van der Waals surface area contributed by atoms with Gasteiger partial charge >= 0.3 is 0 Å². The number of ether oxygens (including phenoxy) is 2. The van der Waals surface area contributed by atoms with Crippen LogP contribution in [-0.4, -0.2) is 64.1 Å². The minimum Gasteiger partial charge on any atom is -0.383 e. The molecule has 1 saturated heterocycles. The second kappa shape index (κ2) is 8.20. The molecule has 1 aliphatic rings. The third-order valence-corrected chi connectivity index (χ3v) is 4.36. The number of rotatable bonds is 8. The highest BCUT2D eigenvalue weighted by Crippen LogP contribution is 2.30. The Balaban J connectivity index is 2.58. The van der Waals surface area contributed by atoms with Gasteiger partial charge in [-0.3, -0.25) is 4.90 Å². The molecule has 0 aromatic heterocycles. The monoisotopic (exact) mass is 272 g/mol. The fraction of sp³-hybridized carbons (Fsp3) is 1.00. The number of hydrogen-bond donors (Lipinski definition) is 1. The quantitative estimate of drug-likeness (QED) is 0.730. The van der Waals surface area contributed by atoms with Gasteiger partial charge in [0, 0.05) is 39.4 Å². The lowest BCUT2D eigenvalue weighted by molar-refractivity contribution is 0.0476. The van der Waals surface area contributed by atoms with Crippen molar-refractivity contribution in [1.29, 1.82) is 0 Å². The molecule has 114 valence electrons. The number of nitrogens with zero attached hydrogens (tertiary/aromatic N) is 1. The molecule has 0 spiro atoms. The topological polar surface area (TPSA) is 33.7 Å². The van der Waals surface area contributed by atoms with Gasteiger partial charge in [-0.25, -0.2) is 0 Å². The van der Waals surface area contributed by atoms with Gasteiger partial charge < -0.3 is 14.8 Å². The van der Waals surface area contributed by atoms with E-state index in [4.69, 9.17) is 9.47 Å². The molecule has 19 heavy (non-hydrogen) atoms. The van der Waals surface area contributed by atoms with Crippen LogP contribution in [0.4, 0.5) is 0 Å².